The van der Waals surface area contributed by atoms with Gasteiger partial charge >= 0.3 is 0 Å². The third-order valence-corrected chi connectivity index (χ3v) is 6.73. The van der Waals surface area contributed by atoms with Crippen molar-refractivity contribution in [3.63, 3.8) is 0 Å². The van der Waals surface area contributed by atoms with Gasteiger partial charge in [-0.25, -0.2) is 4.57 Å². The van der Waals surface area contributed by atoms with Gasteiger partial charge in [-0.3, -0.25) is 0 Å². The maximum atomic E-state index is 8.06. The maximum Gasteiger partial charge on any atom is 0.286 e. The Balaban J connectivity index is 1.92. The van der Waals surface area contributed by atoms with Crippen LogP contribution in [0, 0.1) is 13.8 Å². The number of furan rings is 1. The third-order valence-electron chi connectivity index (χ3n) is 6.73. The van der Waals surface area contributed by atoms with Crippen molar-refractivity contribution in [2.45, 2.75) is 33.5 Å². The van der Waals surface area contributed by atoms with Crippen LogP contribution in [0.25, 0.3) is 49.6 Å². The fourth-order valence-corrected chi connectivity index (χ4v) is 5.36. The van der Waals surface area contributed by atoms with Gasteiger partial charge < -0.3 is 4.42 Å². The summed E-state index contributed by atoms with van der Waals surface area (Å²) in [6.07, 6.45) is 0. The Morgan fingerprint density at radius 1 is 0.906 bits per heavy atom. The van der Waals surface area contributed by atoms with Crippen LogP contribution in [0.4, 0.5) is 0 Å². The number of hydrogen-bond acceptors (Lipinski definition) is 1. The minimum absolute atomic E-state index is 0.247. The highest BCUT2D eigenvalue weighted by atomic mass is 16.3. The molecule has 0 spiro atoms. The van der Waals surface area contributed by atoms with Gasteiger partial charge in [-0.15, -0.1) is 0 Å². The first-order valence-corrected chi connectivity index (χ1v) is 11.1. The first-order chi connectivity index (χ1) is 16.7. The van der Waals surface area contributed by atoms with Crippen molar-refractivity contribution in [2.24, 2.45) is 7.05 Å². The SMILES string of the molecule is [2H]C([2H])([2H])c1cccc(-n2c3ccccc3c3c4c(oc5ccccc54)c(C(C)C)c(C)c32)[n+]1C. The molecule has 0 bridgehead atoms. The van der Waals surface area contributed by atoms with Crippen molar-refractivity contribution in [3.05, 3.63) is 83.6 Å². The number of nitrogens with zero attached hydrogens (tertiary/aromatic N) is 2. The minimum atomic E-state index is -2.21. The van der Waals surface area contributed by atoms with Crippen LogP contribution >= 0.6 is 0 Å². The fraction of sp³-hybridized carbons (Fsp3) is 0.207. The van der Waals surface area contributed by atoms with Gasteiger partial charge in [0.15, 0.2) is 0 Å². The smallest absolute Gasteiger partial charge is 0.286 e. The van der Waals surface area contributed by atoms with E-state index >= 15 is 0 Å². The molecular formula is C29H27N2O+. The normalized spacial score (nSPS) is 14.0. The quantitative estimate of drug-likeness (QED) is 0.269. The summed E-state index contributed by atoms with van der Waals surface area (Å²) in [6, 6.07) is 22.1. The number of para-hydroxylation sites is 2. The predicted molar refractivity (Wildman–Crippen MR) is 133 cm³/mol. The van der Waals surface area contributed by atoms with Crippen molar-refractivity contribution in [2.75, 3.05) is 0 Å². The lowest BCUT2D eigenvalue weighted by atomic mass is 9.92. The lowest BCUT2D eigenvalue weighted by Crippen LogP contribution is -2.37. The minimum Gasteiger partial charge on any atom is -0.456 e. The largest absolute Gasteiger partial charge is 0.456 e. The molecule has 3 nitrogen and oxygen atoms in total. The van der Waals surface area contributed by atoms with Crippen molar-refractivity contribution in [1.29, 1.82) is 0 Å². The topological polar surface area (TPSA) is 21.9 Å². The fourth-order valence-electron chi connectivity index (χ4n) is 5.36. The van der Waals surface area contributed by atoms with Crippen molar-refractivity contribution >= 4 is 43.7 Å². The van der Waals surface area contributed by atoms with Gasteiger partial charge in [0, 0.05) is 42.9 Å². The highest BCUT2D eigenvalue weighted by Gasteiger charge is 2.29. The molecule has 0 atom stereocenters. The second kappa shape index (κ2) is 6.70. The summed E-state index contributed by atoms with van der Waals surface area (Å²) in [5, 5.41) is 4.48. The molecular weight excluding hydrogens is 392 g/mol. The molecule has 6 aromatic rings. The van der Waals surface area contributed by atoms with Gasteiger partial charge in [-0.05, 0) is 44.0 Å². The summed E-state index contributed by atoms with van der Waals surface area (Å²) in [4.78, 5) is 0. The molecule has 0 aliphatic carbocycles. The number of pyridine rings is 1. The van der Waals surface area contributed by atoms with E-state index in [1.165, 1.54) is 5.56 Å². The van der Waals surface area contributed by atoms with Crippen molar-refractivity contribution in [3.8, 4) is 5.82 Å². The van der Waals surface area contributed by atoms with Crippen molar-refractivity contribution < 1.29 is 13.1 Å². The summed E-state index contributed by atoms with van der Waals surface area (Å²) >= 11 is 0. The van der Waals surface area contributed by atoms with Crippen molar-refractivity contribution in [1.82, 2.24) is 4.57 Å². The van der Waals surface area contributed by atoms with Gasteiger partial charge in [0.2, 0.25) is 0 Å². The molecule has 0 aliphatic rings. The Bertz CT molecular complexity index is 1790. The molecule has 0 aliphatic heterocycles. The Kier molecular flexibility index (Phi) is 3.37. The van der Waals surface area contributed by atoms with Gasteiger partial charge in [0.25, 0.3) is 5.82 Å². The van der Waals surface area contributed by atoms with E-state index in [1.807, 2.05) is 37.4 Å². The molecule has 3 heterocycles. The average molecular weight is 423 g/mol. The molecule has 0 amide bonds. The van der Waals surface area contributed by atoms with Crippen LogP contribution in [-0.4, -0.2) is 4.57 Å². The molecule has 6 rings (SSSR count). The molecule has 0 unspecified atom stereocenters. The first kappa shape index (κ1) is 16.1. The van der Waals surface area contributed by atoms with E-state index < -0.39 is 6.85 Å². The van der Waals surface area contributed by atoms with Crippen LogP contribution in [0.1, 0.15) is 40.7 Å². The summed E-state index contributed by atoms with van der Waals surface area (Å²) in [7, 11) is 1.84. The number of rotatable bonds is 2. The van der Waals surface area contributed by atoms with E-state index in [-0.39, 0.29) is 5.92 Å². The Morgan fingerprint density at radius 2 is 1.66 bits per heavy atom. The Morgan fingerprint density at radius 3 is 2.44 bits per heavy atom. The Labute approximate surface area is 191 Å². The lowest BCUT2D eigenvalue weighted by molar-refractivity contribution is -0.671. The highest BCUT2D eigenvalue weighted by Crippen LogP contribution is 2.45. The van der Waals surface area contributed by atoms with E-state index in [4.69, 9.17) is 8.53 Å². The second-order valence-electron chi connectivity index (χ2n) is 8.90. The standard InChI is InChI=1S/C29H27N2O/c1-17(2)25-19(4)28-26(27-21-13-7-9-15-23(21)32-29(25)27)20-12-6-8-14-22(20)31(28)24-16-10-11-18(3)30(24)5/h6-17H,1-5H3/q+1/i3D3. The van der Waals surface area contributed by atoms with Gasteiger partial charge in [-0.1, -0.05) is 50.2 Å². The zero-order valence-corrected chi connectivity index (χ0v) is 18.7. The third kappa shape index (κ3) is 2.39. The van der Waals surface area contributed by atoms with Crippen LogP contribution in [0.2, 0.25) is 0 Å². The van der Waals surface area contributed by atoms with Crippen LogP contribution < -0.4 is 4.57 Å². The van der Waals surface area contributed by atoms with Gasteiger partial charge in [0.05, 0.1) is 7.05 Å². The maximum absolute atomic E-state index is 8.06. The summed E-state index contributed by atoms with van der Waals surface area (Å²) in [5.74, 6) is 1.06. The number of benzene rings is 3. The number of hydrogen-bond donors (Lipinski definition) is 0. The van der Waals surface area contributed by atoms with Gasteiger partial charge in [-0.2, -0.15) is 4.57 Å². The van der Waals surface area contributed by atoms with E-state index in [0.717, 1.165) is 55.1 Å². The van der Waals surface area contributed by atoms with E-state index in [1.54, 1.807) is 10.6 Å². The number of aromatic nitrogens is 2. The average Bonchev–Trinajstić information content (AvgIpc) is 3.34. The monoisotopic (exact) mass is 422 g/mol. The van der Waals surface area contributed by atoms with E-state index in [2.05, 4.69) is 55.7 Å². The summed E-state index contributed by atoms with van der Waals surface area (Å²) in [5.41, 5.74) is 6.58. The molecule has 3 heteroatoms. The first-order valence-electron chi connectivity index (χ1n) is 12.6. The molecule has 158 valence electrons. The van der Waals surface area contributed by atoms with Crippen LogP contribution in [0.15, 0.2) is 71.1 Å². The zero-order valence-electron chi connectivity index (χ0n) is 21.7. The van der Waals surface area contributed by atoms with Crippen LogP contribution in [0.3, 0.4) is 0 Å². The number of aryl methyl sites for hydroxylation is 2. The molecule has 0 saturated carbocycles. The zero-order chi connectivity index (χ0) is 24.6. The predicted octanol–water partition coefficient (Wildman–Crippen LogP) is 7.25. The Hall–Kier alpha value is -3.59. The molecule has 3 aromatic heterocycles. The summed E-state index contributed by atoms with van der Waals surface area (Å²) < 4.78 is 34.7. The van der Waals surface area contributed by atoms with E-state index in [9.17, 15) is 0 Å². The second-order valence-corrected chi connectivity index (χ2v) is 8.90. The molecule has 0 fully saturated rings. The van der Waals surface area contributed by atoms with E-state index in [0.29, 0.717) is 5.69 Å². The van der Waals surface area contributed by atoms with Crippen LogP contribution in [0.5, 0.6) is 0 Å². The lowest BCUT2D eigenvalue weighted by Gasteiger charge is -2.13. The number of fused-ring (bicyclic) bond motifs is 7. The molecule has 0 saturated heterocycles. The highest BCUT2D eigenvalue weighted by molar-refractivity contribution is 6.28. The van der Waals surface area contributed by atoms with Crippen LogP contribution in [-0.2, 0) is 7.05 Å². The summed E-state index contributed by atoms with van der Waals surface area (Å²) in [6.45, 7) is 4.34. The van der Waals surface area contributed by atoms with Gasteiger partial charge in [0.1, 0.15) is 27.9 Å². The molecule has 3 aromatic carbocycles. The molecule has 32 heavy (non-hydrogen) atoms. The molecule has 0 radical (unpaired) electrons. The molecule has 0 N–H and O–H groups in total.